The number of nitrogens with zero attached hydrogens (tertiary/aromatic N) is 3. The number of hydrogen-bond acceptors (Lipinski definition) is 5. The van der Waals surface area contributed by atoms with Gasteiger partial charge in [-0.1, -0.05) is 41.7 Å². The SMILES string of the molecule is C=CC=C1/C(=C\CCCCC(=O)O)C2(CCN(C(C)=O)C2)CN1C(=O)Nc1ncc(Cl)s1. The van der Waals surface area contributed by atoms with Gasteiger partial charge in [-0.15, -0.1) is 0 Å². The number of carbonyl (C=O) groups excluding carboxylic acids is 2. The molecule has 1 unspecified atom stereocenters. The van der Waals surface area contributed by atoms with Crippen LogP contribution in [0, 0.1) is 5.41 Å². The van der Waals surface area contributed by atoms with Crippen molar-refractivity contribution in [3.63, 3.8) is 0 Å². The predicted molar refractivity (Wildman–Crippen MR) is 125 cm³/mol. The van der Waals surface area contributed by atoms with Gasteiger partial charge in [0.15, 0.2) is 5.13 Å². The van der Waals surface area contributed by atoms with Gasteiger partial charge in [-0.3, -0.25) is 19.8 Å². The Morgan fingerprint density at radius 3 is 2.75 bits per heavy atom. The van der Waals surface area contributed by atoms with Crippen molar-refractivity contribution >= 4 is 46.0 Å². The quantitative estimate of drug-likeness (QED) is 0.560. The third-order valence-corrected chi connectivity index (χ3v) is 6.83. The monoisotopic (exact) mass is 478 g/mol. The highest BCUT2D eigenvalue weighted by Crippen LogP contribution is 2.49. The van der Waals surface area contributed by atoms with Crippen molar-refractivity contribution in [3.05, 3.63) is 46.6 Å². The van der Waals surface area contributed by atoms with Gasteiger partial charge in [-0.25, -0.2) is 9.78 Å². The zero-order valence-corrected chi connectivity index (χ0v) is 19.5. The number of thiazole rings is 1. The molecule has 0 radical (unpaired) electrons. The van der Waals surface area contributed by atoms with Gasteiger partial charge in [0.2, 0.25) is 5.91 Å². The lowest BCUT2D eigenvalue weighted by Gasteiger charge is -2.25. The highest BCUT2D eigenvalue weighted by molar-refractivity contribution is 7.19. The molecule has 2 aliphatic heterocycles. The lowest BCUT2D eigenvalue weighted by atomic mass is 9.80. The van der Waals surface area contributed by atoms with Crippen LogP contribution in [0.5, 0.6) is 0 Å². The third kappa shape index (κ3) is 5.39. The number of carbonyl (C=O) groups is 3. The zero-order chi connectivity index (χ0) is 23.3. The Morgan fingerprint density at radius 2 is 2.16 bits per heavy atom. The molecule has 2 saturated heterocycles. The first-order valence-electron chi connectivity index (χ1n) is 10.5. The smallest absolute Gasteiger partial charge is 0.328 e. The van der Waals surface area contributed by atoms with Crippen molar-refractivity contribution < 1.29 is 19.5 Å². The largest absolute Gasteiger partial charge is 0.481 e. The van der Waals surface area contributed by atoms with Crippen LogP contribution in [0.2, 0.25) is 4.34 Å². The summed E-state index contributed by atoms with van der Waals surface area (Å²) in [4.78, 5) is 43.6. The van der Waals surface area contributed by atoms with Crippen molar-refractivity contribution in [3.8, 4) is 0 Å². The molecule has 172 valence electrons. The number of halogens is 1. The van der Waals surface area contributed by atoms with E-state index in [0.717, 1.165) is 24.1 Å². The highest BCUT2D eigenvalue weighted by Gasteiger charge is 2.51. The van der Waals surface area contributed by atoms with Crippen LogP contribution in [0.15, 0.2) is 42.3 Å². The minimum Gasteiger partial charge on any atom is -0.481 e. The first-order chi connectivity index (χ1) is 15.3. The van der Waals surface area contributed by atoms with Gasteiger partial charge in [-0.05, 0) is 37.3 Å². The molecule has 1 aromatic heterocycles. The molecule has 1 atom stereocenters. The Kier molecular flexibility index (Phi) is 7.73. The summed E-state index contributed by atoms with van der Waals surface area (Å²) in [5.41, 5.74) is 1.37. The van der Waals surface area contributed by atoms with E-state index in [2.05, 4.69) is 23.0 Å². The molecule has 3 amide bonds. The number of anilines is 1. The van der Waals surface area contributed by atoms with Gasteiger partial charge in [0.25, 0.3) is 0 Å². The lowest BCUT2D eigenvalue weighted by Crippen LogP contribution is -2.37. The summed E-state index contributed by atoms with van der Waals surface area (Å²) in [5.74, 6) is -0.794. The number of urea groups is 1. The second-order valence-electron chi connectivity index (χ2n) is 8.00. The second kappa shape index (κ2) is 10.3. The van der Waals surface area contributed by atoms with E-state index in [9.17, 15) is 14.4 Å². The van der Waals surface area contributed by atoms with Gasteiger partial charge >= 0.3 is 12.0 Å². The van der Waals surface area contributed by atoms with E-state index < -0.39 is 5.97 Å². The summed E-state index contributed by atoms with van der Waals surface area (Å²) in [6.07, 6.45) is 9.91. The Labute approximate surface area is 196 Å². The zero-order valence-electron chi connectivity index (χ0n) is 18.0. The number of nitrogens with one attached hydrogen (secondary N) is 1. The standard InChI is InChI=1S/C22H27ClN4O4S/c1-3-7-17-16(8-5-4-6-9-19(29)30)22(10-11-26(13-22)15(2)28)14-27(17)21(31)25-20-24-12-18(23)32-20/h3,7-8,12H,1,4-6,9-11,13-14H2,2H3,(H,29,30)(H,24,25,31)/b16-8+,17-7?. The van der Waals surface area contributed by atoms with Gasteiger partial charge in [-0.2, -0.15) is 0 Å². The number of rotatable bonds is 7. The molecular formula is C22H27ClN4O4S. The van der Waals surface area contributed by atoms with Crippen molar-refractivity contribution in [1.29, 1.82) is 0 Å². The average molecular weight is 479 g/mol. The maximum Gasteiger partial charge on any atom is 0.328 e. The minimum absolute atomic E-state index is 0.0114. The fourth-order valence-corrected chi connectivity index (χ4v) is 5.11. The second-order valence-corrected chi connectivity index (χ2v) is 9.66. The number of carboxylic acid groups (broad SMARTS) is 1. The number of allylic oxidation sites excluding steroid dienone is 4. The van der Waals surface area contributed by atoms with E-state index in [1.165, 1.54) is 17.5 Å². The van der Waals surface area contributed by atoms with Gasteiger partial charge in [0.1, 0.15) is 4.34 Å². The number of likely N-dealkylation sites (tertiary alicyclic amines) is 2. The fraction of sp³-hybridized carbons (Fsp3) is 0.455. The molecule has 32 heavy (non-hydrogen) atoms. The Bertz CT molecular complexity index is 973. The van der Waals surface area contributed by atoms with E-state index in [1.54, 1.807) is 17.9 Å². The summed E-state index contributed by atoms with van der Waals surface area (Å²) in [7, 11) is 0. The van der Waals surface area contributed by atoms with Crippen molar-refractivity contribution in [1.82, 2.24) is 14.8 Å². The number of carboxylic acids is 1. The molecule has 0 aromatic carbocycles. The number of hydrogen-bond donors (Lipinski definition) is 2. The molecule has 2 N–H and O–H groups in total. The molecule has 10 heteroatoms. The van der Waals surface area contributed by atoms with E-state index in [0.29, 0.717) is 41.9 Å². The summed E-state index contributed by atoms with van der Waals surface area (Å²) < 4.78 is 0.481. The van der Waals surface area contributed by atoms with Gasteiger partial charge < -0.3 is 10.0 Å². The van der Waals surface area contributed by atoms with E-state index >= 15 is 0 Å². The van der Waals surface area contributed by atoms with Crippen LogP contribution in [-0.4, -0.2) is 57.4 Å². The Morgan fingerprint density at radius 1 is 1.38 bits per heavy atom. The summed E-state index contributed by atoms with van der Waals surface area (Å²) in [6, 6.07) is -0.320. The molecule has 0 bridgehead atoms. The maximum atomic E-state index is 13.2. The van der Waals surface area contributed by atoms with Crippen molar-refractivity contribution in [2.75, 3.05) is 25.0 Å². The maximum absolute atomic E-state index is 13.2. The van der Waals surface area contributed by atoms with Gasteiger partial charge in [0, 0.05) is 44.1 Å². The third-order valence-electron chi connectivity index (χ3n) is 5.80. The van der Waals surface area contributed by atoms with E-state index in [-0.39, 0.29) is 23.8 Å². The molecule has 2 aliphatic rings. The molecule has 2 fully saturated rings. The summed E-state index contributed by atoms with van der Waals surface area (Å²) in [6.45, 7) is 6.96. The molecule has 3 heterocycles. The van der Waals surface area contributed by atoms with Crippen LogP contribution in [0.1, 0.15) is 39.0 Å². The van der Waals surface area contributed by atoms with Crippen LogP contribution in [-0.2, 0) is 9.59 Å². The normalized spacial score (nSPS) is 22.8. The predicted octanol–water partition coefficient (Wildman–Crippen LogP) is 4.52. The number of unbranched alkanes of at least 4 members (excludes halogenated alkanes) is 2. The Balaban J connectivity index is 1.87. The van der Waals surface area contributed by atoms with Crippen LogP contribution in [0.25, 0.3) is 0 Å². The first-order valence-corrected chi connectivity index (χ1v) is 11.7. The molecular weight excluding hydrogens is 452 g/mol. The molecule has 0 aliphatic carbocycles. The highest BCUT2D eigenvalue weighted by atomic mass is 35.5. The number of aromatic nitrogens is 1. The van der Waals surface area contributed by atoms with E-state index in [4.69, 9.17) is 16.7 Å². The molecule has 0 saturated carbocycles. The number of amides is 3. The molecule has 1 aromatic rings. The van der Waals surface area contributed by atoms with Crippen LogP contribution in [0.4, 0.5) is 9.93 Å². The van der Waals surface area contributed by atoms with E-state index in [1.807, 2.05) is 11.0 Å². The average Bonchev–Trinajstić information content (AvgIpc) is 3.41. The van der Waals surface area contributed by atoms with Crippen molar-refractivity contribution in [2.45, 2.75) is 39.0 Å². The molecule has 3 rings (SSSR count). The number of aliphatic carboxylic acids is 1. The van der Waals surface area contributed by atoms with Gasteiger partial charge in [0.05, 0.1) is 6.20 Å². The van der Waals surface area contributed by atoms with Crippen LogP contribution in [0.3, 0.4) is 0 Å². The van der Waals surface area contributed by atoms with Crippen molar-refractivity contribution in [2.24, 2.45) is 5.41 Å². The van der Waals surface area contributed by atoms with Crippen LogP contribution < -0.4 is 5.32 Å². The van der Waals surface area contributed by atoms with Crippen LogP contribution >= 0.6 is 22.9 Å². The molecule has 1 spiro atoms. The fourth-order valence-electron chi connectivity index (χ4n) is 4.31. The summed E-state index contributed by atoms with van der Waals surface area (Å²) >= 11 is 7.12. The minimum atomic E-state index is -0.805. The topological polar surface area (TPSA) is 103 Å². The first kappa shape index (κ1) is 24.0. The molecule has 8 nitrogen and oxygen atoms in total. The summed E-state index contributed by atoms with van der Waals surface area (Å²) in [5, 5.41) is 12.1. The Hall–Kier alpha value is -2.65. The lowest BCUT2D eigenvalue weighted by molar-refractivity contribution is -0.137.